The van der Waals surface area contributed by atoms with Gasteiger partial charge in [0.05, 0.1) is 25.4 Å². The summed E-state index contributed by atoms with van der Waals surface area (Å²) in [6, 6.07) is -0.934. The molecule has 0 radical (unpaired) electrons. The van der Waals surface area contributed by atoms with Crippen LogP contribution in [0.25, 0.3) is 0 Å². The molecule has 278 valence electrons. The molecule has 0 aromatic heterocycles. The van der Waals surface area contributed by atoms with Gasteiger partial charge in [0.15, 0.2) is 6.29 Å². The molecule has 47 heavy (non-hydrogen) atoms. The minimum absolute atomic E-state index is 0.269. The lowest BCUT2D eigenvalue weighted by molar-refractivity contribution is -0.298. The molecule has 13 heteroatoms. The van der Waals surface area contributed by atoms with Crippen molar-refractivity contribution in [3.05, 3.63) is 12.2 Å². The lowest BCUT2D eigenvalue weighted by Gasteiger charge is -2.41. The first-order valence-corrected chi connectivity index (χ1v) is 19.4. The molecule has 1 amide bonds. The molecule has 1 rings (SSSR count). The standard InChI is InChI=1S/C34H65NO11S/c1-3-5-7-9-11-13-14-16-17-19-21-23-28(37)27(35-30(38)24-22-20-18-15-12-10-8-6-4-2)26-44-34-32(40)33(46-47(41,42)43)31(39)29(25-36)45-34/h21,23,27-29,31-34,36-37,39-40H,3-20,22,24-26H2,1-2H3,(H,35,38)(H,41,42,43)/b23-21+. The van der Waals surface area contributed by atoms with Crippen LogP contribution in [0.2, 0.25) is 0 Å². The van der Waals surface area contributed by atoms with E-state index in [-0.39, 0.29) is 18.9 Å². The lowest BCUT2D eigenvalue weighted by Crippen LogP contribution is -2.61. The number of unbranched alkanes of at least 4 members (excludes halogenated alkanes) is 17. The third kappa shape index (κ3) is 20.8. The number of rotatable bonds is 29. The van der Waals surface area contributed by atoms with Gasteiger partial charge in [-0.1, -0.05) is 129 Å². The van der Waals surface area contributed by atoms with Crippen LogP contribution >= 0.6 is 0 Å². The third-order valence-corrected chi connectivity index (χ3v) is 9.03. The van der Waals surface area contributed by atoms with E-state index in [9.17, 15) is 33.6 Å². The smallest absolute Gasteiger partial charge is 0.394 e. The second-order valence-electron chi connectivity index (χ2n) is 12.8. The quantitative estimate of drug-likeness (QED) is 0.0355. The Kier molecular flexibility index (Phi) is 24.9. The van der Waals surface area contributed by atoms with Gasteiger partial charge in [0.25, 0.3) is 0 Å². The number of hydrogen-bond donors (Lipinski definition) is 6. The van der Waals surface area contributed by atoms with Crippen molar-refractivity contribution in [2.45, 2.75) is 185 Å². The molecule has 0 saturated carbocycles. The van der Waals surface area contributed by atoms with Crippen LogP contribution in [-0.2, 0) is 28.9 Å². The Labute approximate surface area is 283 Å². The third-order valence-electron chi connectivity index (χ3n) is 8.57. The predicted molar refractivity (Wildman–Crippen MR) is 181 cm³/mol. The molecule has 1 aliphatic rings. The minimum Gasteiger partial charge on any atom is -0.394 e. The topological polar surface area (TPSA) is 192 Å². The van der Waals surface area contributed by atoms with Crippen molar-refractivity contribution in [2.24, 2.45) is 0 Å². The van der Waals surface area contributed by atoms with Crippen LogP contribution in [0.5, 0.6) is 0 Å². The lowest BCUT2D eigenvalue weighted by atomic mass is 9.99. The van der Waals surface area contributed by atoms with Crippen LogP contribution in [0.15, 0.2) is 12.2 Å². The molecule has 0 spiro atoms. The fourth-order valence-electron chi connectivity index (χ4n) is 5.69. The normalized spacial score (nSPS) is 23.3. The molecule has 6 N–H and O–H groups in total. The number of aliphatic hydroxyl groups excluding tert-OH is 4. The zero-order valence-electron chi connectivity index (χ0n) is 28.8. The van der Waals surface area contributed by atoms with Gasteiger partial charge in [-0.15, -0.1) is 0 Å². The largest absolute Gasteiger partial charge is 0.397 e. The first-order chi connectivity index (χ1) is 22.5. The number of amides is 1. The van der Waals surface area contributed by atoms with Gasteiger partial charge in [-0.3, -0.25) is 9.35 Å². The summed E-state index contributed by atoms with van der Waals surface area (Å²) in [4.78, 5) is 12.8. The van der Waals surface area contributed by atoms with Crippen molar-refractivity contribution in [3.8, 4) is 0 Å². The van der Waals surface area contributed by atoms with E-state index in [2.05, 4.69) is 23.3 Å². The molecule has 0 aromatic rings. The minimum atomic E-state index is -5.07. The molecule has 1 heterocycles. The summed E-state index contributed by atoms with van der Waals surface area (Å²) >= 11 is 0. The van der Waals surface area contributed by atoms with Crippen LogP contribution in [0.3, 0.4) is 0 Å². The number of carbonyl (C=O) groups is 1. The molecule has 0 bridgehead atoms. The highest BCUT2D eigenvalue weighted by molar-refractivity contribution is 7.80. The summed E-state index contributed by atoms with van der Waals surface area (Å²) < 4.78 is 47.2. The van der Waals surface area contributed by atoms with Crippen molar-refractivity contribution in [1.82, 2.24) is 5.32 Å². The van der Waals surface area contributed by atoms with Crippen LogP contribution in [0.4, 0.5) is 0 Å². The molecule has 7 atom stereocenters. The Morgan fingerprint density at radius 3 is 1.85 bits per heavy atom. The number of aliphatic hydroxyl groups is 4. The monoisotopic (exact) mass is 695 g/mol. The van der Waals surface area contributed by atoms with Gasteiger partial charge < -0.3 is 35.2 Å². The Bertz CT molecular complexity index is 920. The van der Waals surface area contributed by atoms with E-state index in [1.54, 1.807) is 6.08 Å². The first kappa shape index (κ1) is 43.9. The Hall–Kier alpha value is -1.16. The Balaban J connectivity index is 2.70. The number of carbonyl (C=O) groups excluding carboxylic acids is 1. The summed E-state index contributed by atoms with van der Waals surface area (Å²) in [5.74, 6) is -0.269. The highest BCUT2D eigenvalue weighted by atomic mass is 32.3. The van der Waals surface area contributed by atoms with Gasteiger partial charge in [0, 0.05) is 6.42 Å². The fourth-order valence-corrected chi connectivity index (χ4v) is 6.20. The van der Waals surface area contributed by atoms with E-state index < -0.39 is 59.9 Å². The molecular formula is C34H65NO11S. The van der Waals surface area contributed by atoms with E-state index in [4.69, 9.17) is 14.0 Å². The zero-order valence-corrected chi connectivity index (χ0v) is 29.7. The zero-order chi connectivity index (χ0) is 34.9. The second kappa shape index (κ2) is 26.7. The van der Waals surface area contributed by atoms with E-state index >= 15 is 0 Å². The van der Waals surface area contributed by atoms with E-state index in [0.717, 1.165) is 38.5 Å². The molecular weight excluding hydrogens is 630 g/mol. The van der Waals surface area contributed by atoms with Gasteiger partial charge in [-0.2, -0.15) is 8.42 Å². The predicted octanol–water partition coefficient (Wildman–Crippen LogP) is 4.87. The number of allylic oxidation sites excluding steroid dienone is 1. The van der Waals surface area contributed by atoms with E-state index in [1.807, 2.05) is 6.08 Å². The van der Waals surface area contributed by atoms with Crippen molar-refractivity contribution in [1.29, 1.82) is 0 Å². The summed E-state index contributed by atoms with van der Waals surface area (Å²) in [6.45, 7) is 3.30. The fraction of sp³-hybridized carbons (Fsp3) is 0.912. The maximum absolute atomic E-state index is 12.8. The first-order valence-electron chi connectivity index (χ1n) is 18.1. The van der Waals surface area contributed by atoms with Crippen molar-refractivity contribution in [3.63, 3.8) is 0 Å². The van der Waals surface area contributed by atoms with Crippen molar-refractivity contribution < 1.29 is 51.8 Å². The summed E-state index contributed by atoms with van der Waals surface area (Å²) in [5.41, 5.74) is 0. The number of ether oxygens (including phenoxy) is 2. The van der Waals surface area contributed by atoms with Gasteiger partial charge >= 0.3 is 10.4 Å². The highest BCUT2D eigenvalue weighted by Crippen LogP contribution is 2.26. The van der Waals surface area contributed by atoms with E-state index in [0.29, 0.717) is 6.42 Å². The van der Waals surface area contributed by atoms with Gasteiger partial charge in [-0.25, -0.2) is 4.18 Å². The summed E-state index contributed by atoms with van der Waals surface area (Å²) in [5, 5.41) is 44.2. The van der Waals surface area contributed by atoms with Crippen molar-refractivity contribution >= 4 is 16.3 Å². The second-order valence-corrected chi connectivity index (χ2v) is 13.9. The number of nitrogens with one attached hydrogen (secondary N) is 1. The maximum Gasteiger partial charge on any atom is 0.397 e. The van der Waals surface area contributed by atoms with Gasteiger partial charge in [-0.05, 0) is 19.3 Å². The van der Waals surface area contributed by atoms with Crippen molar-refractivity contribution in [2.75, 3.05) is 13.2 Å². The molecule has 0 aliphatic carbocycles. The average molecular weight is 696 g/mol. The summed E-state index contributed by atoms with van der Waals surface area (Å²) in [7, 11) is -5.07. The average Bonchev–Trinajstić information content (AvgIpc) is 3.03. The summed E-state index contributed by atoms with van der Waals surface area (Å²) in [6.07, 6.45) is 15.6. The Morgan fingerprint density at radius 1 is 0.830 bits per heavy atom. The maximum atomic E-state index is 12.8. The highest BCUT2D eigenvalue weighted by Gasteiger charge is 2.48. The molecule has 0 aromatic carbocycles. The molecule has 1 saturated heterocycles. The molecule has 7 unspecified atom stereocenters. The SMILES string of the molecule is CCCCCCCCCCC/C=C/C(O)C(COC1OC(CO)C(O)C(OS(=O)(=O)O)C1O)NC(=O)CCCCCCCCCCC. The molecule has 1 fully saturated rings. The van der Waals surface area contributed by atoms with Gasteiger partial charge in [0.1, 0.15) is 24.4 Å². The van der Waals surface area contributed by atoms with Crippen LogP contribution in [-0.4, -0.2) is 95.4 Å². The molecule has 1 aliphatic heterocycles. The Morgan fingerprint density at radius 2 is 1.34 bits per heavy atom. The molecule has 12 nitrogen and oxygen atoms in total. The van der Waals surface area contributed by atoms with Gasteiger partial charge in [0.2, 0.25) is 5.91 Å². The number of hydrogen-bond acceptors (Lipinski definition) is 10. The van der Waals surface area contributed by atoms with Crippen LogP contribution in [0.1, 0.15) is 142 Å². The van der Waals surface area contributed by atoms with Crippen LogP contribution in [0, 0.1) is 0 Å². The van der Waals surface area contributed by atoms with Crippen LogP contribution < -0.4 is 5.32 Å². The van der Waals surface area contributed by atoms with E-state index in [1.165, 1.54) is 77.0 Å².